The van der Waals surface area contributed by atoms with E-state index < -0.39 is 17.0 Å². The highest BCUT2D eigenvalue weighted by atomic mass is 19.1. The van der Waals surface area contributed by atoms with Crippen LogP contribution in [0.1, 0.15) is 38.7 Å². The predicted octanol–water partition coefficient (Wildman–Crippen LogP) is 3.39. The zero-order valence-electron chi connectivity index (χ0n) is 11.7. The summed E-state index contributed by atoms with van der Waals surface area (Å²) in [7, 11) is 1.40. The van der Waals surface area contributed by atoms with Gasteiger partial charge in [0.05, 0.1) is 7.11 Å². The standard InChI is InChI=1S/C15H21F2NO/c1-15(2,6-7-18-10-4-5-10)14-12(16)8-11(19-3)9-13(14)17/h8-10,18H,4-7H2,1-3H3. The van der Waals surface area contributed by atoms with Crippen LogP contribution in [-0.2, 0) is 5.41 Å². The maximum atomic E-state index is 14.1. The molecule has 4 heteroatoms. The van der Waals surface area contributed by atoms with Crippen molar-refractivity contribution < 1.29 is 13.5 Å². The molecule has 2 rings (SSSR count). The normalized spacial score (nSPS) is 15.6. The summed E-state index contributed by atoms with van der Waals surface area (Å²) >= 11 is 0. The Morgan fingerprint density at radius 1 is 1.26 bits per heavy atom. The molecule has 1 aliphatic rings. The number of hydrogen-bond donors (Lipinski definition) is 1. The minimum Gasteiger partial charge on any atom is -0.497 e. The number of nitrogens with one attached hydrogen (secondary N) is 1. The molecule has 19 heavy (non-hydrogen) atoms. The van der Waals surface area contributed by atoms with Crippen molar-refractivity contribution in [3.63, 3.8) is 0 Å². The molecule has 106 valence electrons. The van der Waals surface area contributed by atoms with E-state index in [0.29, 0.717) is 12.5 Å². The van der Waals surface area contributed by atoms with Crippen LogP contribution in [-0.4, -0.2) is 19.7 Å². The summed E-state index contributed by atoms with van der Waals surface area (Å²) in [6.45, 7) is 4.52. The molecular formula is C15H21F2NO. The van der Waals surface area contributed by atoms with Gasteiger partial charge in [-0.25, -0.2) is 8.78 Å². The van der Waals surface area contributed by atoms with E-state index in [4.69, 9.17) is 4.74 Å². The molecule has 1 saturated carbocycles. The number of ether oxygens (including phenoxy) is 1. The van der Waals surface area contributed by atoms with Gasteiger partial charge in [0.2, 0.25) is 0 Å². The minimum atomic E-state index is -0.539. The first kappa shape index (κ1) is 14.3. The molecule has 0 radical (unpaired) electrons. The highest BCUT2D eigenvalue weighted by molar-refractivity contribution is 5.34. The van der Waals surface area contributed by atoms with Crippen LogP contribution in [0, 0.1) is 11.6 Å². The highest BCUT2D eigenvalue weighted by Gasteiger charge is 2.29. The average molecular weight is 269 g/mol. The van der Waals surface area contributed by atoms with Crippen LogP contribution in [0.3, 0.4) is 0 Å². The van der Waals surface area contributed by atoms with Crippen molar-refractivity contribution >= 4 is 0 Å². The van der Waals surface area contributed by atoms with Crippen molar-refractivity contribution in [2.24, 2.45) is 0 Å². The molecule has 1 fully saturated rings. The zero-order chi connectivity index (χ0) is 14.0. The third-order valence-corrected chi connectivity index (χ3v) is 3.69. The highest BCUT2D eigenvalue weighted by Crippen LogP contribution is 2.33. The molecular weight excluding hydrogens is 248 g/mol. The van der Waals surface area contributed by atoms with Crippen molar-refractivity contribution in [3.8, 4) is 5.75 Å². The molecule has 2 nitrogen and oxygen atoms in total. The van der Waals surface area contributed by atoms with Crippen LogP contribution in [0.5, 0.6) is 5.75 Å². The van der Waals surface area contributed by atoms with Gasteiger partial charge in [0.15, 0.2) is 0 Å². The van der Waals surface area contributed by atoms with Crippen molar-refractivity contribution in [1.82, 2.24) is 5.32 Å². The van der Waals surface area contributed by atoms with Crippen LogP contribution in [0.25, 0.3) is 0 Å². The quantitative estimate of drug-likeness (QED) is 0.854. The van der Waals surface area contributed by atoms with E-state index in [-0.39, 0.29) is 11.3 Å². The molecule has 1 aromatic carbocycles. The van der Waals surface area contributed by atoms with Gasteiger partial charge in [-0.2, -0.15) is 0 Å². The Hall–Kier alpha value is -1.16. The van der Waals surface area contributed by atoms with E-state index >= 15 is 0 Å². The Morgan fingerprint density at radius 2 is 1.84 bits per heavy atom. The lowest BCUT2D eigenvalue weighted by Crippen LogP contribution is -2.28. The maximum Gasteiger partial charge on any atom is 0.133 e. The fourth-order valence-corrected chi connectivity index (χ4v) is 2.32. The van der Waals surface area contributed by atoms with E-state index in [2.05, 4.69) is 5.32 Å². The lowest BCUT2D eigenvalue weighted by atomic mass is 9.80. The lowest BCUT2D eigenvalue weighted by Gasteiger charge is -2.26. The Labute approximate surface area is 113 Å². The van der Waals surface area contributed by atoms with Crippen molar-refractivity contribution in [1.29, 1.82) is 0 Å². The van der Waals surface area contributed by atoms with E-state index in [1.807, 2.05) is 13.8 Å². The molecule has 0 amide bonds. The molecule has 1 aromatic rings. The molecule has 0 heterocycles. The summed E-state index contributed by atoms with van der Waals surface area (Å²) in [5.74, 6) is -0.854. The first-order valence-corrected chi connectivity index (χ1v) is 6.71. The van der Waals surface area contributed by atoms with E-state index in [0.717, 1.165) is 6.54 Å². The number of benzene rings is 1. The molecule has 0 bridgehead atoms. The van der Waals surface area contributed by atoms with Crippen LogP contribution in [0.15, 0.2) is 12.1 Å². The van der Waals surface area contributed by atoms with Gasteiger partial charge < -0.3 is 10.1 Å². The Morgan fingerprint density at radius 3 is 2.32 bits per heavy atom. The van der Waals surface area contributed by atoms with Gasteiger partial charge in [-0.05, 0) is 31.2 Å². The molecule has 0 saturated heterocycles. The van der Waals surface area contributed by atoms with Crippen molar-refractivity contribution in [2.75, 3.05) is 13.7 Å². The number of rotatable bonds is 6. The van der Waals surface area contributed by atoms with E-state index in [1.54, 1.807) is 0 Å². The van der Waals surface area contributed by atoms with Crippen LogP contribution >= 0.6 is 0 Å². The topological polar surface area (TPSA) is 21.3 Å². The summed E-state index contributed by atoms with van der Waals surface area (Å²) in [5.41, 5.74) is -0.395. The van der Waals surface area contributed by atoms with Crippen molar-refractivity contribution in [3.05, 3.63) is 29.3 Å². The monoisotopic (exact) mass is 269 g/mol. The molecule has 1 aliphatic carbocycles. The third-order valence-electron chi connectivity index (χ3n) is 3.69. The number of halogens is 2. The first-order chi connectivity index (χ1) is 8.94. The van der Waals surface area contributed by atoms with Gasteiger partial charge in [-0.3, -0.25) is 0 Å². The molecule has 0 spiro atoms. The van der Waals surface area contributed by atoms with Crippen LogP contribution < -0.4 is 10.1 Å². The summed E-state index contributed by atoms with van der Waals surface area (Å²) in [6.07, 6.45) is 3.13. The minimum absolute atomic E-state index is 0.144. The third kappa shape index (κ3) is 3.44. The van der Waals surface area contributed by atoms with Crippen LogP contribution in [0.2, 0.25) is 0 Å². The van der Waals surface area contributed by atoms with E-state index in [1.165, 1.54) is 32.1 Å². The van der Waals surface area contributed by atoms with Gasteiger partial charge in [0, 0.05) is 23.7 Å². The number of methoxy groups -OCH3 is 1. The van der Waals surface area contributed by atoms with Crippen LogP contribution in [0.4, 0.5) is 8.78 Å². The van der Waals surface area contributed by atoms with Gasteiger partial charge in [-0.15, -0.1) is 0 Å². The summed E-state index contributed by atoms with van der Waals surface area (Å²) < 4.78 is 33.0. The summed E-state index contributed by atoms with van der Waals surface area (Å²) in [6, 6.07) is 3.10. The first-order valence-electron chi connectivity index (χ1n) is 6.71. The summed E-state index contributed by atoms with van der Waals surface area (Å²) in [4.78, 5) is 0. The van der Waals surface area contributed by atoms with E-state index in [9.17, 15) is 8.78 Å². The number of hydrogen-bond acceptors (Lipinski definition) is 2. The average Bonchev–Trinajstić information content (AvgIpc) is 3.11. The summed E-state index contributed by atoms with van der Waals surface area (Å²) in [5, 5.41) is 3.37. The molecule has 0 atom stereocenters. The molecule has 1 N–H and O–H groups in total. The fraction of sp³-hybridized carbons (Fsp3) is 0.600. The van der Waals surface area contributed by atoms with Crippen molar-refractivity contribution in [2.45, 2.75) is 44.6 Å². The second kappa shape index (κ2) is 5.45. The molecule has 0 aliphatic heterocycles. The second-order valence-corrected chi connectivity index (χ2v) is 5.83. The second-order valence-electron chi connectivity index (χ2n) is 5.83. The van der Waals surface area contributed by atoms with Gasteiger partial charge >= 0.3 is 0 Å². The Kier molecular flexibility index (Phi) is 4.09. The lowest BCUT2D eigenvalue weighted by molar-refractivity contribution is 0.386. The SMILES string of the molecule is COc1cc(F)c(C(C)(C)CCNC2CC2)c(F)c1. The predicted molar refractivity (Wildman–Crippen MR) is 71.6 cm³/mol. The molecule has 0 aromatic heterocycles. The fourth-order valence-electron chi connectivity index (χ4n) is 2.32. The largest absolute Gasteiger partial charge is 0.497 e. The Bertz CT molecular complexity index is 432. The van der Waals surface area contributed by atoms with Gasteiger partial charge in [0.25, 0.3) is 0 Å². The molecule has 0 unspecified atom stereocenters. The van der Waals surface area contributed by atoms with Gasteiger partial charge in [-0.1, -0.05) is 13.8 Å². The maximum absolute atomic E-state index is 14.1. The smallest absolute Gasteiger partial charge is 0.133 e. The Balaban J connectivity index is 2.13. The zero-order valence-corrected chi connectivity index (χ0v) is 11.7. The van der Waals surface area contributed by atoms with Gasteiger partial charge in [0.1, 0.15) is 17.4 Å².